The first kappa shape index (κ1) is 18.9. The SMILES string of the molecule is CC[C@H]1C(=O)C[C@H](c2ccc(OC)cc2)N(N=O)[C@@H]1c1ccc(OC)cc1. The third-order valence-electron chi connectivity index (χ3n) is 5.29. The Hall–Kier alpha value is -2.89. The van der Waals surface area contributed by atoms with E-state index in [1.807, 2.05) is 55.5 Å². The predicted molar refractivity (Wildman–Crippen MR) is 103 cm³/mol. The van der Waals surface area contributed by atoms with E-state index in [0.717, 1.165) is 22.6 Å². The summed E-state index contributed by atoms with van der Waals surface area (Å²) in [7, 11) is 3.21. The molecule has 0 aromatic heterocycles. The van der Waals surface area contributed by atoms with Gasteiger partial charge in [-0.25, -0.2) is 5.01 Å². The Labute approximate surface area is 159 Å². The summed E-state index contributed by atoms with van der Waals surface area (Å²) in [5, 5.41) is 4.89. The van der Waals surface area contributed by atoms with E-state index in [1.54, 1.807) is 19.2 Å². The van der Waals surface area contributed by atoms with Gasteiger partial charge in [0.1, 0.15) is 17.3 Å². The number of hydrogen-bond acceptors (Lipinski definition) is 5. The Morgan fingerprint density at radius 1 is 0.963 bits per heavy atom. The van der Waals surface area contributed by atoms with Crippen LogP contribution in [0.3, 0.4) is 0 Å². The molecule has 1 fully saturated rings. The first-order valence-corrected chi connectivity index (χ1v) is 9.05. The van der Waals surface area contributed by atoms with E-state index in [2.05, 4.69) is 5.29 Å². The van der Waals surface area contributed by atoms with Crippen molar-refractivity contribution in [3.8, 4) is 11.5 Å². The molecule has 0 unspecified atom stereocenters. The molecular formula is C21H24N2O4. The van der Waals surface area contributed by atoms with Crippen LogP contribution in [0.5, 0.6) is 11.5 Å². The highest BCUT2D eigenvalue weighted by atomic mass is 16.5. The van der Waals surface area contributed by atoms with E-state index >= 15 is 0 Å². The van der Waals surface area contributed by atoms with Gasteiger partial charge in [0.05, 0.1) is 31.6 Å². The van der Waals surface area contributed by atoms with Gasteiger partial charge in [-0.15, -0.1) is 4.91 Å². The summed E-state index contributed by atoms with van der Waals surface area (Å²) in [4.78, 5) is 24.7. The highest BCUT2D eigenvalue weighted by molar-refractivity contribution is 5.83. The fourth-order valence-electron chi connectivity index (χ4n) is 3.83. The quantitative estimate of drug-likeness (QED) is 0.704. The van der Waals surface area contributed by atoms with Crippen molar-refractivity contribution >= 4 is 5.78 Å². The first-order valence-electron chi connectivity index (χ1n) is 9.05. The van der Waals surface area contributed by atoms with Gasteiger partial charge >= 0.3 is 0 Å². The summed E-state index contributed by atoms with van der Waals surface area (Å²) in [6.07, 6.45) is 0.917. The van der Waals surface area contributed by atoms with E-state index in [9.17, 15) is 9.70 Å². The molecular weight excluding hydrogens is 344 g/mol. The third kappa shape index (κ3) is 3.65. The molecule has 2 aromatic rings. The smallest absolute Gasteiger partial charge is 0.140 e. The van der Waals surface area contributed by atoms with Crippen LogP contribution in [0.2, 0.25) is 0 Å². The number of benzene rings is 2. The summed E-state index contributed by atoms with van der Waals surface area (Å²) in [6, 6.07) is 14.1. The standard InChI is InChI=1S/C21H24N2O4/c1-4-18-20(24)13-19(14-5-9-16(26-2)10-6-14)23(22-25)21(18)15-7-11-17(27-3)12-8-15/h5-12,18-19,21H,4,13H2,1-3H3/t18-,19+,21+/m0/s1. The van der Waals surface area contributed by atoms with Gasteiger partial charge in [0.25, 0.3) is 0 Å². The average Bonchev–Trinajstić information content (AvgIpc) is 2.73. The Bertz CT molecular complexity index is 789. The Morgan fingerprint density at radius 2 is 1.48 bits per heavy atom. The first-order chi connectivity index (χ1) is 13.1. The van der Waals surface area contributed by atoms with E-state index in [-0.39, 0.29) is 18.1 Å². The normalized spacial score (nSPS) is 22.4. The summed E-state index contributed by atoms with van der Waals surface area (Å²) < 4.78 is 10.4. The van der Waals surface area contributed by atoms with E-state index in [0.29, 0.717) is 6.42 Å². The van der Waals surface area contributed by atoms with Crippen LogP contribution in [0, 0.1) is 10.8 Å². The number of rotatable bonds is 6. The number of hydrogen-bond donors (Lipinski definition) is 0. The fourth-order valence-corrected chi connectivity index (χ4v) is 3.83. The Morgan fingerprint density at radius 3 is 1.93 bits per heavy atom. The second kappa shape index (κ2) is 8.20. The molecule has 0 radical (unpaired) electrons. The molecule has 1 aliphatic rings. The maximum Gasteiger partial charge on any atom is 0.140 e. The van der Waals surface area contributed by atoms with Gasteiger partial charge in [-0.1, -0.05) is 31.2 Å². The van der Waals surface area contributed by atoms with Crippen LogP contribution < -0.4 is 9.47 Å². The van der Waals surface area contributed by atoms with Crippen LogP contribution in [-0.4, -0.2) is 25.0 Å². The summed E-state index contributed by atoms with van der Waals surface area (Å²) in [6.45, 7) is 1.97. The van der Waals surface area contributed by atoms with Crippen LogP contribution in [0.15, 0.2) is 53.8 Å². The molecule has 0 aliphatic carbocycles. The van der Waals surface area contributed by atoms with E-state index in [4.69, 9.17) is 9.47 Å². The van der Waals surface area contributed by atoms with E-state index < -0.39 is 12.1 Å². The highest BCUT2D eigenvalue weighted by Crippen LogP contribution is 2.45. The monoisotopic (exact) mass is 368 g/mol. The van der Waals surface area contributed by atoms with Gasteiger partial charge in [0, 0.05) is 12.3 Å². The number of nitroso groups, excluding NO2 is 1. The molecule has 0 N–H and O–H groups in total. The molecule has 27 heavy (non-hydrogen) atoms. The molecule has 0 amide bonds. The van der Waals surface area contributed by atoms with Crippen molar-refractivity contribution in [1.82, 2.24) is 5.01 Å². The zero-order valence-electron chi connectivity index (χ0n) is 15.8. The van der Waals surface area contributed by atoms with Crippen LogP contribution in [-0.2, 0) is 4.79 Å². The summed E-state index contributed by atoms with van der Waals surface area (Å²) in [5.41, 5.74) is 1.76. The molecule has 0 saturated carbocycles. The topological polar surface area (TPSA) is 68.2 Å². The summed E-state index contributed by atoms with van der Waals surface area (Å²) >= 11 is 0. The van der Waals surface area contributed by atoms with Gasteiger partial charge in [0.15, 0.2) is 0 Å². The minimum absolute atomic E-state index is 0.152. The maximum atomic E-state index is 12.9. The van der Waals surface area contributed by atoms with Gasteiger partial charge < -0.3 is 9.47 Å². The molecule has 3 rings (SSSR count). The molecule has 0 bridgehead atoms. The second-order valence-corrected chi connectivity index (χ2v) is 6.65. The van der Waals surface area contributed by atoms with Gasteiger partial charge in [-0.05, 0) is 41.8 Å². The van der Waals surface area contributed by atoms with Crippen molar-refractivity contribution in [1.29, 1.82) is 0 Å². The lowest BCUT2D eigenvalue weighted by Crippen LogP contribution is -2.42. The van der Waals surface area contributed by atoms with Crippen molar-refractivity contribution in [2.75, 3.05) is 14.2 Å². The predicted octanol–water partition coefficient (Wildman–Crippen LogP) is 4.47. The number of carbonyl (C=O) groups excluding carboxylic acids is 1. The summed E-state index contributed by atoms with van der Waals surface area (Å²) in [5.74, 6) is 1.33. The van der Waals surface area contributed by atoms with Crippen molar-refractivity contribution in [2.45, 2.75) is 31.8 Å². The van der Waals surface area contributed by atoms with Crippen molar-refractivity contribution in [2.24, 2.45) is 11.2 Å². The molecule has 2 aromatic carbocycles. The number of ether oxygens (including phenoxy) is 2. The van der Waals surface area contributed by atoms with Crippen molar-refractivity contribution < 1.29 is 14.3 Å². The third-order valence-corrected chi connectivity index (χ3v) is 5.29. The number of methoxy groups -OCH3 is 2. The Balaban J connectivity index is 2.01. The largest absolute Gasteiger partial charge is 0.497 e. The Kier molecular flexibility index (Phi) is 5.74. The second-order valence-electron chi connectivity index (χ2n) is 6.65. The number of Topliss-reactive ketones (excluding diaryl/α,β-unsaturated/α-hetero) is 1. The van der Waals surface area contributed by atoms with Crippen molar-refractivity contribution in [3.05, 3.63) is 64.6 Å². The number of nitrogens with zero attached hydrogens (tertiary/aromatic N) is 2. The van der Waals surface area contributed by atoms with Gasteiger partial charge in [0.2, 0.25) is 0 Å². The van der Waals surface area contributed by atoms with Gasteiger partial charge in [-0.3, -0.25) is 4.79 Å². The number of piperidine rings is 1. The fraction of sp³-hybridized carbons (Fsp3) is 0.381. The highest BCUT2D eigenvalue weighted by Gasteiger charge is 2.43. The molecule has 1 saturated heterocycles. The van der Waals surface area contributed by atoms with Crippen LogP contribution in [0.1, 0.15) is 43.0 Å². The van der Waals surface area contributed by atoms with Gasteiger partial charge in [-0.2, -0.15) is 0 Å². The lowest BCUT2D eigenvalue weighted by Gasteiger charge is -2.42. The lowest BCUT2D eigenvalue weighted by molar-refractivity contribution is -0.132. The van der Waals surface area contributed by atoms with Crippen molar-refractivity contribution in [3.63, 3.8) is 0 Å². The number of carbonyl (C=O) groups is 1. The zero-order chi connectivity index (χ0) is 19.4. The maximum absolute atomic E-state index is 12.9. The van der Waals surface area contributed by atoms with E-state index in [1.165, 1.54) is 0 Å². The van der Waals surface area contributed by atoms with Crippen LogP contribution >= 0.6 is 0 Å². The molecule has 6 nitrogen and oxygen atoms in total. The minimum Gasteiger partial charge on any atom is -0.497 e. The van der Waals surface area contributed by atoms with Crippen LogP contribution in [0.4, 0.5) is 0 Å². The zero-order valence-corrected chi connectivity index (χ0v) is 15.8. The lowest BCUT2D eigenvalue weighted by atomic mass is 9.79. The minimum atomic E-state index is -0.397. The average molecular weight is 368 g/mol. The number of ketones is 1. The molecule has 142 valence electrons. The molecule has 1 aliphatic heterocycles. The molecule has 1 heterocycles. The molecule has 6 heteroatoms. The molecule has 0 spiro atoms. The molecule has 3 atom stereocenters. The van der Waals surface area contributed by atoms with Crippen LogP contribution in [0.25, 0.3) is 0 Å².